The number of H-pyrrole nitrogens is 1. The van der Waals surface area contributed by atoms with Gasteiger partial charge in [-0.2, -0.15) is 4.98 Å². The molecular weight excluding hydrogens is 483 g/mol. The third-order valence-corrected chi connectivity index (χ3v) is 6.13. The van der Waals surface area contributed by atoms with Crippen molar-refractivity contribution in [3.63, 3.8) is 0 Å². The van der Waals surface area contributed by atoms with E-state index in [4.69, 9.17) is 10.3 Å². The number of nitrogens with zero attached hydrogens (tertiary/aromatic N) is 4. The van der Waals surface area contributed by atoms with Gasteiger partial charge >= 0.3 is 0 Å². The predicted molar refractivity (Wildman–Crippen MR) is 128 cm³/mol. The molecule has 4 aromatic rings. The Morgan fingerprint density at radius 1 is 1.00 bits per heavy atom. The van der Waals surface area contributed by atoms with E-state index >= 15 is 0 Å². The van der Waals surface area contributed by atoms with Gasteiger partial charge in [-0.1, -0.05) is 23.4 Å². The van der Waals surface area contributed by atoms with Crippen LogP contribution in [0.2, 0.25) is 0 Å². The fraction of sp³-hybridized carbons (Fsp3) is 0.200. The number of Topliss-reactive ketones (excluding diaryl/α,β-unsaturated/α-hetero) is 1. The van der Waals surface area contributed by atoms with Crippen LogP contribution in [-0.2, 0) is 16.0 Å². The molecule has 11 nitrogen and oxygen atoms in total. The number of hydrogen-bond donors (Lipinski definition) is 2. The number of piperazine rings is 1. The Hall–Kier alpha value is -4.87. The van der Waals surface area contributed by atoms with E-state index in [9.17, 15) is 23.6 Å². The second kappa shape index (κ2) is 9.64. The molecular formula is C25H21FN6O5. The van der Waals surface area contributed by atoms with Gasteiger partial charge in [0.25, 0.3) is 17.6 Å². The number of amides is 3. The van der Waals surface area contributed by atoms with Crippen molar-refractivity contribution in [1.29, 1.82) is 0 Å². The first-order chi connectivity index (χ1) is 17.8. The smallest absolute Gasteiger partial charge is 0.295 e. The third-order valence-electron chi connectivity index (χ3n) is 6.13. The van der Waals surface area contributed by atoms with Gasteiger partial charge in [0.05, 0.1) is 11.1 Å². The summed E-state index contributed by atoms with van der Waals surface area (Å²) in [7, 11) is 0. The highest BCUT2D eigenvalue weighted by molar-refractivity contribution is 6.45. The van der Waals surface area contributed by atoms with Crippen LogP contribution in [0.1, 0.15) is 26.6 Å². The zero-order valence-electron chi connectivity index (χ0n) is 19.4. The fourth-order valence-corrected chi connectivity index (χ4v) is 4.29. The van der Waals surface area contributed by atoms with Crippen molar-refractivity contribution >= 4 is 34.4 Å². The summed E-state index contributed by atoms with van der Waals surface area (Å²) in [5.74, 6) is -3.14. The van der Waals surface area contributed by atoms with Crippen LogP contribution in [0.3, 0.4) is 0 Å². The average Bonchev–Trinajstić information content (AvgIpc) is 3.56. The number of nitrogens with one attached hydrogen (secondary N) is 1. The van der Waals surface area contributed by atoms with Gasteiger partial charge < -0.3 is 25.0 Å². The molecule has 3 N–H and O–H groups in total. The van der Waals surface area contributed by atoms with E-state index < -0.39 is 23.4 Å². The van der Waals surface area contributed by atoms with E-state index in [0.29, 0.717) is 11.1 Å². The van der Waals surface area contributed by atoms with Gasteiger partial charge in [-0.05, 0) is 24.3 Å². The lowest BCUT2D eigenvalue weighted by Gasteiger charge is -2.34. The van der Waals surface area contributed by atoms with Crippen molar-refractivity contribution < 1.29 is 28.1 Å². The number of ketones is 1. The SMILES string of the molecule is NC(=O)Cc1nc(-c2ccc(F)c3c(C(=O)C(=O)N4CCN(C(=O)c5ccccc5)CC4)c[nH]c23)no1. The van der Waals surface area contributed by atoms with Crippen LogP contribution in [0.15, 0.2) is 53.2 Å². The zero-order chi connectivity index (χ0) is 26.1. The molecule has 37 heavy (non-hydrogen) atoms. The number of carbonyl (C=O) groups is 4. The molecule has 0 radical (unpaired) electrons. The van der Waals surface area contributed by atoms with Gasteiger partial charge in [0.15, 0.2) is 0 Å². The number of carbonyl (C=O) groups excluding carboxylic acids is 4. The van der Waals surface area contributed by atoms with Crippen LogP contribution in [0.5, 0.6) is 0 Å². The second-order valence-electron chi connectivity index (χ2n) is 8.48. The second-order valence-corrected chi connectivity index (χ2v) is 8.48. The summed E-state index contributed by atoms with van der Waals surface area (Å²) in [5.41, 5.74) is 6.07. The average molecular weight is 504 g/mol. The number of nitrogens with two attached hydrogens (primary N) is 1. The monoisotopic (exact) mass is 504 g/mol. The lowest BCUT2D eigenvalue weighted by atomic mass is 10.0. The first-order valence-electron chi connectivity index (χ1n) is 11.4. The molecule has 2 aromatic carbocycles. The number of fused-ring (bicyclic) bond motifs is 1. The molecule has 0 unspecified atom stereocenters. The number of aromatic amines is 1. The molecule has 3 heterocycles. The van der Waals surface area contributed by atoms with Gasteiger partial charge in [-0.15, -0.1) is 0 Å². The predicted octanol–water partition coefficient (Wildman–Crippen LogP) is 1.55. The maximum absolute atomic E-state index is 14.9. The van der Waals surface area contributed by atoms with E-state index in [0.717, 1.165) is 6.07 Å². The Labute approximate surface area is 209 Å². The highest BCUT2D eigenvalue weighted by Gasteiger charge is 2.31. The number of halogens is 1. The maximum atomic E-state index is 14.9. The van der Waals surface area contributed by atoms with E-state index in [1.54, 1.807) is 29.2 Å². The van der Waals surface area contributed by atoms with Crippen molar-refractivity contribution in [2.24, 2.45) is 5.73 Å². The molecule has 1 fully saturated rings. The molecule has 3 amide bonds. The van der Waals surface area contributed by atoms with Crippen LogP contribution < -0.4 is 5.73 Å². The minimum Gasteiger partial charge on any atom is -0.369 e. The molecule has 0 atom stereocenters. The quantitative estimate of drug-likeness (QED) is 0.298. The van der Waals surface area contributed by atoms with Crippen LogP contribution in [0.4, 0.5) is 4.39 Å². The van der Waals surface area contributed by atoms with Crippen molar-refractivity contribution in [3.05, 3.63) is 71.5 Å². The Balaban J connectivity index is 1.34. The van der Waals surface area contributed by atoms with Gasteiger partial charge in [-0.3, -0.25) is 19.2 Å². The summed E-state index contributed by atoms with van der Waals surface area (Å²) in [6.45, 7) is 0.880. The first-order valence-corrected chi connectivity index (χ1v) is 11.4. The molecule has 0 bridgehead atoms. The number of hydrogen-bond acceptors (Lipinski definition) is 7. The minimum atomic E-state index is -0.882. The topological polar surface area (TPSA) is 155 Å². The Morgan fingerprint density at radius 3 is 2.41 bits per heavy atom. The van der Waals surface area contributed by atoms with E-state index in [1.165, 1.54) is 17.2 Å². The highest BCUT2D eigenvalue weighted by Crippen LogP contribution is 2.31. The van der Waals surface area contributed by atoms with E-state index in [-0.39, 0.29) is 66.7 Å². The van der Waals surface area contributed by atoms with Gasteiger partial charge in [0, 0.05) is 48.9 Å². The lowest BCUT2D eigenvalue weighted by molar-refractivity contribution is -0.127. The molecule has 188 valence electrons. The van der Waals surface area contributed by atoms with Crippen LogP contribution in [0, 0.1) is 5.82 Å². The van der Waals surface area contributed by atoms with Gasteiger partial charge in [-0.25, -0.2) is 4.39 Å². The summed E-state index contributed by atoms with van der Waals surface area (Å²) < 4.78 is 19.9. The summed E-state index contributed by atoms with van der Waals surface area (Å²) in [6, 6.07) is 11.3. The maximum Gasteiger partial charge on any atom is 0.295 e. The first kappa shape index (κ1) is 23.9. The summed E-state index contributed by atoms with van der Waals surface area (Å²) in [6.07, 6.45) is 1.00. The van der Waals surface area contributed by atoms with Crippen molar-refractivity contribution in [1.82, 2.24) is 24.9 Å². The molecule has 1 aliphatic rings. The van der Waals surface area contributed by atoms with Crippen LogP contribution >= 0.6 is 0 Å². The van der Waals surface area contributed by atoms with Gasteiger partial charge in [0.1, 0.15) is 12.2 Å². The molecule has 1 saturated heterocycles. The largest absolute Gasteiger partial charge is 0.369 e. The normalized spacial score (nSPS) is 13.6. The minimum absolute atomic E-state index is 0.0112. The zero-order valence-corrected chi connectivity index (χ0v) is 19.4. The summed E-state index contributed by atoms with van der Waals surface area (Å²) >= 11 is 0. The molecule has 0 saturated carbocycles. The Morgan fingerprint density at radius 2 is 1.70 bits per heavy atom. The molecule has 1 aliphatic heterocycles. The number of benzene rings is 2. The number of aromatic nitrogens is 3. The van der Waals surface area contributed by atoms with Crippen LogP contribution in [0.25, 0.3) is 22.3 Å². The Bertz CT molecular complexity index is 1520. The Kier molecular flexibility index (Phi) is 6.22. The van der Waals surface area contributed by atoms with Crippen molar-refractivity contribution in [2.45, 2.75) is 6.42 Å². The van der Waals surface area contributed by atoms with E-state index in [2.05, 4.69) is 15.1 Å². The molecule has 12 heteroatoms. The highest BCUT2D eigenvalue weighted by atomic mass is 19.1. The molecule has 0 aliphatic carbocycles. The van der Waals surface area contributed by atoms with Crippen molar-refractivity contribution in [3.8, 4) is 11.4 Å². The van der Waals surface area contributed by atoms with Gasteiger partial charge in [0.2, 0.25) is 17.6 Å². The van der Waals surface area contributed by atoms with Crippen LogP contribution in [-0.4, -0.2) is 74.6 Å². The van der Waals surface area contributed by atoms with E-state index in [1.807, 2.05) is 6.07 Å². The molecule has 2 aromatic heterocycles. The number of primary amides is 1. The van der Waals surface area contributed by atoms with Crippen molar-refractivity contribution in [2.75, 3.05) is 26.2 Å². The summed E-state index contributed by atoms with van der Waals surface area (Å²) in [4.78, 5) is 59.8. The number of rotatable bonds is 6. The molecule has 5 rings (SSSR count). The fourth-order valence-electron chi connectivity index (χ4n) is 4.29. The summed E-state index contributed by atoms with van der Waals surface area (Å²) in [5, 5.41) is 3.71. The third kappa shape index (κ3) is 4.56. The lowest BCUT2D eigenvalue weighted by Crippen LogP contribution is -2.52. The molecule has 0 spiro atoms. The standard InChI is InChI=1S/C25H21FN6O5/c26-17-7-6-15(23-29-19(37-30-23)12-18(27)33)21-20(17)16(13-28-21)22(34)25(36)32-10-8-31(9-11-32)24(35)14-4-2-1-3-5-14/h1-7,13,28H,8-12H2,(H2,27,33).